The maximum atomic E-state index is 13.6. The number of aliphatic hydroxyl groups is 1. The van der Waals surface area contributed by atoms with Crippen molar-refractivity contribution in [2.75, 3.05) is 0 Å². The number of halogens is 5. The molecule has 2 atom stereocenters. The fraction of sp³-hybridized carbons (Fsp3) is 0.500. The van der Waals surface area contributed by atoms with Gasteiger partial charge in [-0.3, -0.25) is 0 Å². The van der Waals surface area contributed by atoms with Gasteiger partial charge in [0, 0.05) is 5.56 Å². The second-order valence-corrected chi connectivity index (χ2v) is 4.49. The molecule has 0 aliphatic carbocycles. The van der Waals surface area contributed by atoms with E-state index in [2.05, 4.69) is 0 Å². The van der Waals surface area contributed by atoms with Crippen LogP contribution in [-0.2, 0) is 6.18 Å². The van der Waals surface area contributed by atoms with E-state index in [0.29, 0.717) is 6.07 Å². The van der Waals surface area contributed by atoms with E-state index >= 15 is 0 Å². The van der Waals surface area contributed by atoms with Crippen molar-refractivity contribution in [1.29, 1.82) is 0 Å². The molecule has 110 valence electrons. The first kappa shape index (κ1) is 18.1. The van der Waals surface area contributed by atoms with Crippen molar-refractivity contribution in [3.63, 3.8) is 0 Å². The summed E-state index contributed by atoms with van der Waals surface area (Å²) in [6.45, 7) is 3.37. The molecule has 0 radical (unpaired) electrons. The molecule has 7 heteroatoms. The fourth-order valence-corrected chi connectivity index (χ4v) is 1.57. The molecule has 0 aliphatic heterocycles. The van der Waals surface area contributed by atoms with Crippen LogP contribution in [0.1, 0.15) is 31.0 Å². The van der Waals surface area contributed by atoms with Crippen LogP contribution in [0.2, 0.25) is 0 Å². The summed E-state index contributed by atoms with van der Waals surface area (Å²) in [6, 6.07) is 1.06. The Kier molecular flexibility index (Phi) is 6.25. The van der Waals surface area contributed by atoms with Crippen molar-refractivity contribution in [3.8, 4) is 0 Å². The summed E-state index contributed by atoms with van der Waals surface area (Å²) < 4.78 is 50.6. The standard InChI is InChI=1S/C12H15F4NO.ClH/c1-6(2)11(18)10(17)8-4-3-7(5-9(8)13)12(14,15)16;/h3-6,10-11,18H,17H2,1-2H3;1H/t10-,11+;/m1./s1. The molecule has 0 saturated carbocycles. The second-order valence-electron chi connectivity index (χ2n) is 4.49. The number of rotatable bonds is 3. The first-order valence-corrected chi connectivity index (χ1v) is 5.45. The molecule has 0 saturated heterocycles. The van der Waals surface area contributed by atoms with Crippen LogP contribution in [0, 0.1) is 11.7 Å². The molecule has 0 spiro atoms. The van der Waals surface area contributed by atoms with Gasteiger partial charge in [0.2, 0.25) is 0 Å². The van der Waals surface area contributed by atoms with Crippen LogP contribution >= 0.6 is 12.4 Å². The van der Waals surface area contributed by atoms with Gasteiger partial charge in [0.25, 0.3) is 0 Å². The highest BCUT2D eigenvalue weighted by atomic mass is 35.5. The minimum Gasteiger partial charge on any atom is -0.391 e. The summed E-state index contributed by atoms with van der Waals surface area (Å²) >= 11 is 0. The minimum absolute atomic E-state index is 0. The smallest absolute Gasteiger partial charge is 0.391 e. The molecule has 1 rings (SSSR count). The number of hydrogen-bond acceptors (Lipinski definition) is 2. The van der Waals surface area contributed by atoms with Crippen LogP contribution in [0.15, 0.2) is 18.2 Å². The molecule has 0 aliphatic rings. The van der Waals surface area contributed by atoms with E-state index in [0.717, 1.165) is 12.1 Å². The van der Waals surface area contributed by atoms with Gasteiger partial charge in [-0.1, -0.05) is 19.9 Å². The van der Waals surface area contributed by atoms with Gasteiger partial charge in [-0.05, 0) is 18.1 Å². The van der Waals surface area contributed by atoms with Crippen LogP contribution in [-0.4, -0.2) is 11.2 Å². The quantitative estimate of drug-likeness (QED) is 0.842. The highest BCUT2D eigenvalue weighted by Gasteiger charge is 2.32. The molecular formula is C12H16ClF4NO. The molecule has 19 heavy (non-hydrogen) atoms. The van der Waals surface area contributed by atoms with E-state index in [1.54, 1.807) is 13.8 Å². The molecular weight excluding hydrogens is 286 g/mol. The van der Waals surface area contributed by atoms with E-state index in [9.17, 15) is 22.7 Å². The number of alkyl halides is 3. The third-order valence-corrected chi connectivity index (χ3v) is 2.74. The molecule has 0 aromatic heterocycles. The lowest BCUT2D eigenvalue weighted by atomic mass is 9.93. The van der Waals surface area contributed by atoms with Gasteiger partial charge in [-0.15, -0.1) is 12.4 Å². The Morgan fingerprint density at radius 1 is 1.21 bits per heavy atom. The summed E-state index contributed by atoms with van der Waals surface area (Å²) in [5.74, 6) is -1.28. The maximum Gasteiger partial charge on any atom is 0.416 e. The van der Waals surface area contributed by atoms with Gasteiger partial charge in [-0.2, -0.15) is 13.2 Å². The summed E-state index contributed by atoms with van der Waals surface area (Å²) in [6.07, 6.45) is -5.61. The van der Waals surface area contributed by atoms with E-state index in [1.165, 1.54) is 0 Å². The second kappa shape index (κ2) is 6.54. The SMILES string of the molecule is CC(C)[C@H](O)[C@H](N)c1ccc(C(F)(F)F)cc1F.Cl. The van der Waals surface area contributed by atoms with E-state index in [-0.39, 0.29) is 23.9 Å². The Hall–Kier alpha value is -0.850. The number of nitrogens with two attached hydrogens (primary N) is 1. The van der Waals surface area contributed by atoms with Crippen molar-refractivity contribution in [3.05, 3.63) is 35.1 Å². The Bertz CT molecular complexity index is 423. The molecule has 1 aromatic carbocycles. The van der Waals surface area contributed by atoms with Crippen molar-refractivity contribution in [2.24, 2.45) is 11.7 Å². The van der Waals surface area contributed by atoms with Gasteiger partial charge in [0.15, 0.2) is 0 Å². The first-order valence-electron chi connectivity index (χ1n) is 5.45. The molecule has 2 nitrogen and oxygen atoms in total. The van der Waals surface area contributed by atoms with Crippen LogP contribution in [0.4, 0.5) is 17.6 Å². The summed E-state index contributed by atoms with van der Waals surface area (Å²) in [5.41, 5.74) is 4.43. The normalized spacial score (nSPS) is 15.0. The Morgan fingerprint density at radius 3 is 2.11 bits per heavy atom. The molecule has 3 N–H and O–H groups in total. The van der Waals surface area contributed by atoms with Crippen LogP contribution in [0.5, 0.6) is 0 Å². The van der Waals surface area contributed by atoms with Crippen LogP contribution in [0.3, 0.4) is 0 Å². The number of hydrogen-bond donors (Lipinski definition) is 2. The zero-order chi connectivity index (χ0) is 14.1. The summed E-state index contributed by atoms with van der Waals surface area (Å²) in [5, 5.41) is 9.69. The predicted molar refractivity (Wildman–Crippen MR) is 66.4 cm³/mol. The summed E-state index contributed by atoms with van der Waals surface area (Å²) in [4.78, 5) is 0. The molecule has 0 heterocycles. The van der Waals surface area contributed by atoms with Gasteiger partial charge < -0.3 is 10.8 Å². The first-order chi connectivity index (χ1) is 8.14. The summed E-state index contributed by atoms with van der Waals surface area (Å²) in [7, 11) is 0. The number of benzene rings is 1. The average molecular weight is 302 g/mol. The van der Waals surface area contributed by atoms with Gasteiger partial charge >= 0.3 is 6.18 Å². The van der Waals surface area contributed by atoms with Crippen LogP contribution in [0.25, 0.3) is 0 Å². The maximum absolute atomic E-state index is 13.6. The zero-order valence-electron chi connectivity index (χ0n) is 10.4. The van der Waals surface area contributed by atoms with Gasteiger partial charge in [-0.25, -0.2) is 4.39 Å². The Balaban J connectivity index is 0.00000324. The monoisotopic (exact) mass is 301 g/mol. The average Bonchev–Trinajstić information content (AvgIpc) is 2.25. The fourth-order valence-electron chi connectivity index (χ4n) is 1.57. The molecule has 0 unspecified atom stereocenters. The van der Waals surface area contributed by atoms with Crippen molar-refractivity contribution in [2.45, 2.75) is 32.2 Å². The lowest BCUT2D eigenvalue weighted by Gasteiger charge is -2.23. The molecule has 0 bridgehead atoms. The third-order valence-electron chi connectivity index (χ3n) is 2.74. The predicted octanol–water partition coefficient (Wildman–Crippen LogP) is 3.28. The van der Waals surface area contributed by atoms with Gasteiger partial charge in [0.1, 0.15) is 5.82 Å². The highest BCUT2D eigenvalue weighted by molar-refractivity contribution is 5.85. The minimum atomic E-state index is -4.60. The van der Waals surface area contributed by atoms with Crippen molar-refractivity contribution >= 4 is 12.4 Å². The molecule has 0 amide bonds. The Morgan fingerprint density at radius 2 is 1.74 bits per heavy atom. The Labute approximate surface area is 115 Å². The van der Waals surface area contributed by atoms with Gasteiger partial charge in [0.05, 0.1) is 17.7 Å². The topological polar surface area (TPSA) is 46.2 Å². The zero-order valence-corrected chi connectivity index (χ0v) is 11.2. The lowest BCUT2D eigenvalue weighted by Crippen LogP contribution is -2.31. The van der Waals surface area contributed by atoms with E-state index in [1.807, 2.05) is 0 Å². The van der Waals surface area contributed by atoms with E-state index < -0.39 is 29.7 Å². The van der Waals surface area contributed by atoms with E-state index in [4.69, 9.17) is 5.73 Å². The highest BCUT2D eigenvalue weighted by Crippen LogP contribution is 2.32. The number of aliphatic hydroxyl groups excluding tert-OH is 1. The van der Waals surface area contributed by atoms with Crippen LogP contribution < -0.4 is 5.73 Å². The largest absolute Gasteiger partial charge is 0.416 e. The van der Waals surface area contributed by atoms with Crippen molar-refractivity contribution in [1.82, 2.24) is 0 Å². The van der Waals surface area contributed by atoms with Crippen molar-refractivity contribution < 1.29 is 22.7 Å². The molecule has 1 aromatic rings. The third kappa shape index (κ3) is 4.33. The lowest BCUT2D eigenvalue weighted by molar-refractivity contribution is -0.137. The molecule has 0 fully saturated rings.